The van der Waals surface area contributed by atoms with Gasteiger partial charge in [-0.25, -0.2) is 0 Å². The number of benzene rings is 1. The molecule has 0 spiro atoms. The third-order valence-electron chi connectivity index (χ3n) is 2.55. The zero-order chi connectivity index (χ0) is 9.97. The lowest BCUT2D eigenvalue weighted by molar-refractivity contribution is 0.553. The Bertz CT molecular complexity index is 358. The Kier molecular flexibility index (Phi) is 2.31. The van der Waals surface area contributed by atoms with E-state index in [9.17, 15) is 0 Å². The number of hydrogen-bond donors (Lipinski definition) is 3. The highest BCUT2D eigenvalue weighted by molar-refractivity contribution is 5.64. The molecule has 0 aliphatic carbocycles. The van der Waals surface area contributed by atoms with Gasteiger partial charge in [0.05, 0.1) is 17.4 Å². The second-order valence-corrected chi connectivity index (χ2v) is 3.59. The molecule has 0 amide bonds. The lowest BCUT2D eigenvalue weighted by atomic mass is 9.99. The van der Waals surface area contributed by atoms with Gasteiger partial charge >= 0.3 is 0 Å². The maximum atomic E-state index is 5.76. The smallest absolute Gasteiger partial charge is 0.0551 e. The van der Waals surface area contributed by atoms with Crippen molar-refractivity contribution in [2.75, 3.05) is 11.5 Å². The largest absolute Gasteiger partial charge is 0.397 e. The molecule has 2 rings (SSSR count). The predicted octanol–water partition coefficient (Wildman–Crippen LogP) is 1.79. The second kappa shape index (κ2) is 3.62. The van der Waals surface area contributed by atoms with Crippen LogP contribution in [0.15, 0.2) is 30.5 Å². The number of anilines is 2. The van der Waals surface area contributed by atoms with E-state index in [0.29, 0.717) is 17.4 Å². The van der Waals surface area contributed by atoms with Gasteiger partial charge < -0.3 is 16.8 Å². The minimum absolute atomic E-state index is 0.378. The van der Waals surface area contributed by atoms with Crippen molar-refractivity contribution >= 4 is 11.4 Å². The van der Waals surface area contributed by atoms with Gasteiger partial charge in [0.15, 0.2) is 0 Å². The van der Waals surface area contributed by atoms with Gasteiger partial charge in [-0.3, -0.25) is 0 Å². The molecule has 1 atom stereocenters. The van der Waals surface area contributed by atoms with Crippen LogP contribution in [0.2, 0.25) is 0 Å². The number of nitrogen functional groups attached to an aromatic ring is 2. The molecule has 1 unspecified atom stereocenters. The van der Waals surface area contributed by atoms with Crippen LogP contribution >= 0.6 is 0 Å². The minimum Gasteiger partial charge on any atom is -0.397 e. The van der Waals surface area contributed by atoms with Gasteiger partial charge in [0.2, 0.25) is 0 Å². The fourth-order valence-corrected chi connectivity index (χ4v) is 1.69. The van der Waals surface area contributed by atoms with Crippen LogP contribution < -0.4 is 16.8 Å². The maximum Gasteiger partial charge on any atom is 0.0551 e. The van der Waals surface area contributed by atoms with Gasteiger partial charge in [-0.2, -0.15) is 0 Å². The molecular formula is C11H15N3. The first-order valence-corrected chi connectivity index (χ1v) is 4.83. The third-order valence-corrected chi connectivity index (χ3v) is 2.55. The van der Waals surface area contributed by atoms with Gasteiger partial charge in [-0.1, -0.05) is 12.1 Å². The molecule has 74 valence electrons. The number of allylic oxidation sites excluding steroid dienone is 1. The highest BCUT2D eigenvalue weighted by Gasteiger charge is 2.11. The topological polar surface area (TPSA) is 64.1 Å². The normalized spacial score (nSPS) is 20.4. The monoisotopic (exact) mass is 189 g/mol. The van der Waals surface area contributed by atoms with Gasteiger partial charge in [0.1, 0.15) is 0 Å². The van der Waals surface area contributed by atoms with E-state index in [1.54, 1.807) is 0 Å². The van der Waals surface area contributed by atoms with Crippen molar-refractivity contribution in [1.29, 1.82) is 0 Å². The molecule has 0 saturated carbocycles. The molecule has 1 aromatic rings. The second-order valence-electron chi connectivity index (χ2n) is 3.59. The quantitative estimate of drug-likeness (QED) is 0.590. The van der Waals surface area contributed by atoms with E-state index in [4.69, 9.17) is 11.5 Å². The Labute approximate surface area is 83.8 Å². The average molecular weight is 189 g/mol. The molecule has 0 aromatic heterocycles. The van der Waals surface area contributed by atoms with E-state index in [2.05, 4.69) is 11.4 Å². The zero-order valence-corrected chi connectivity index (χ0v) is 8.03. The highest BCUT2D eigenvalue weighted by Crippen LogP contribution is 2.25. The van der Waals surface area contributed by atoms with Gasteiger partial charge in [-0.05, 0) is 36.7 Å². The van der Waals surface area contributed by atoms with E-state index in [-0.39, 0.29) is 0 Å². The summed E-state index contributed by atoms with van der Waals surface area (Å²) in [5, 5.41) is 3.31. The van der Waals surface area contributed by atoms with Crippen molar-refractivity contribution < 1.29 is 0 Å². The number of nitrogens with one attached hydrogen (secondary N) is 1. The van der Waals surface area contributed by atoms with Crippen molar-refractivity contribution in [2.45, 2.75) is 18.9 Å². The van der Waals surface area contributed by atoms with E-state index in [1.807, 2.05) is 24.4 Å². The fourth-order valence-electron chi connectivity index (χ4n) is 1.69. The molecule has 5 N–H and O–H groups in total. The molecule has 0 bridgehead atoms. The summed E-state index contributed by atoms with van der Waals surface area (Å²) in [7, 11) is 0. The first-order valence-electron chi connectivity index (χ1n) is 4.83. The molecule has 3 nitrogen and oxygen atoms in total. The zero-order valence-electron chi connectivity index (χ0n) is 8.03. The lowest BCUT2D eigenvalue weighted by Crippen LogP contribution is -2.18. The van der Waals surface area contributed by atoms with Crippen LogP contribution in [0.4, 0.5) is 11.4 Å². The summed E-state index contributed by atoms with van der Waals surface area (Å²) in [5.74, 6) is 0. The molecule has 0 radical (unpaired) electrons. The number of nitrogens with two attached hydrogens (primary N) is 2. The highest BCUT2D eigenvalue weighted by atomic mass is 14.9. The molecule has 1 aliphatic heterocycles. The van der Waals surface area contributed by atoms with Crippen LogP contribution in [0.1, 0.15) is 24.4 Å². The molecule has 3 heteroatoms. The van der Waals surface area contributed by atoms with Crippen LogP contribution in [0.5, 0.6) is 0 Å². The van der Waals surface area contributed by atoms with Gasteiger partial charge in [0, 0.05) is 0 Å². The van der Waals surface area contributed by atoms with Crippen LogP contribution in [0, 0.1) is 0 Å². The summed E-state index contributed by atoms with van der Waals surface area (Å²) < 4.78 is 0. The van der Waals surface area contributed by atoms with E-state index in [1.165, 1.54) is 5.56 Å². The summed E-state index contributed by atoms with van der Waals surface area (Å²) in [6.45, 7) is 0. The number of hydrogen-bond acceptors (Lipinski definition) is 3. The van der Waals surface area contributed by atoms with Crippen LogP contribution in [-0.4, -0.2) is 0 Å². The van der Waals surface area contributed by atoms with Crippen molar-refractivity contribution in [3.8, 4) is 0 Å². The van der Waals surface area contributed by atoms with Crippen molar-refractivity contribution in [1.82, 2.24) is 5.32 Å². The van der Waals surface area contributed by atoms with E-state index < -0.39 is 0 Å². The Hall–Kier alpha value is -1.64. The standard InChI is InChI=1S/C11H15N3/c12-9-5-4-8(7-10(9)13)11-3-1-2-6-14-11/h2,4-7,11,14H,1,3,12-13H2. The molecule has 1 heterocycles. The Morgan fingerprint density at radius 1 is 1.21 bits per heavy atom. The molecular weight excluding hydrogens is 174 g/mol. The molecule has 14 heavy (non-hydrogen) atoms. The fraction of sp³-hybridized carbons (Fsp3) is 0.273. The van der Waals surface area contributed by atoms with Gasteiger partial charge in [0.25, 0.3) is 0 Å². The summed E-state index contributed by atoms with van der Waals surface area (Å²) >= 11 is 0. The molecule has 1 aromatic carbocycles. The van der Waals surface area contributed by atoms with E-state index in [0.717, 1.165) is 12.8 Å². The maximum absolute atomic E-state index is 5.76. The average Bonchev–Trinajstić information content (AvgIpc) is 2.23. The van der Waals surface area contributed by atoms with E-state index >= 15 is 0 Å². The third kappa shape index (κ3) is 1.66. The SMILES string of the molecule is Nc1ccc(C2CCC=CN2)cc1N. The summed E-state index contributed by atoms with van der Waals surface area (Å²) in [5.41, 5.74) is 13.9. The summed E-state index contributed by atoms with van der Waals surface area (Å²) in [6.07, 6.45) is 6.36. The summed E-state index contributed by atoms with van der Waals surface area (Å²) in [6, 6.07) is 6.22. The first-order chi connectivity index (χ1) is 6.77. The minimum atomic E-state index is 0.378. The molecule has 0 fully saturated rings. The summed E-state index contributed by atoms with van der Waals surface area (Å²) in [4.78, 5) is 0. The molecule has 0 saturated heterocycles. The van der Waals surface area contributed by atoms with Crippen LogP contribution in [-0.2, 0) is 0 Å². The van der Waals surface area contributed by atoms with Crippen LogP contribution in [0.25, 0.3) is 0 Å². The number of rotatable bonds is 1. The predicted molar refractivity (Wildman–Crippen MR) is 59.5 cm³/mol. The Balaban J connectivity index is 2.23. The van der Waals surface area contributed by atoms with Crippen molar-refractivity contribution in [3.63, 3.8) is 0 Å². The van der Waals surface area contributed by atoms with Crippen molar-refractivity contribution in [2.24, 2.45) is 0 Å². The Morgan fingerprint density at radius 2 is 2.07 bits per heavy atom. The Morgan fingerprint density at radius 3 is 2.71 bits per heavy atom. The lowest BCUT2D eigenvalue weighted by Gasteiger charge is -2.21. The first kappa shape index (κ1) is 8.94. The van der Waals surface area contributed by atoms with Crippen molar-refractivity contribution in [3.05, 3.63) is 36.0 Å². The van der Waals surface area contributed by atoms with Gasteiger partial charge in [-0.15, -0.1) is 0 Å². The van der Waals surface area contributed by atoms with Crippen LogP contribution in [0.3, 0.4) is 0 Å². The molecule has 1 aliphatic rings.